The number of hydrogen-bond donors (Lipinski definition) is 0. The van der Waals surface area contributed by atoms with Gasteiger partial charge < -0.3 is 4.74 Å². The summed E-state index contributed by atoms with van der Waals surface area (Å²) in [6.45, 7) is 0. The van der Waals surface area contributed by atoms with Crippen LogP contribution in [-0.4, -0.2) is 0 Å². The quantitative estimate of drug-likeness (QED) is 0.525. The van der Waals surface area contributed by atoms with Crippen molar-refractivity contribution in [2.75, 3.05) is 0 Å². The first kappa shape index (κ1) is 14.2. The zero-order valence-electron chi connectivity index (χ0n) is 10.9. The lowest BCUT2D eigenvalue weighted by Gasteiger charge is -2.12. The molecule has 0 heterocycles. The van der Waals surface area contributed by atoms with E-state index in [2.05, 4.69) is 0 Å². The van der Waals surface area contributed by atoms with Crippen LogP contribution in [0.3, 0.4) is 0 Å². The second kappa shape index (κ2) is 5.92. The molecule has 0 aliphatic heterocycles. The van der Waals surface area contributed by atoms with E-state index in [1.165, 1.54) is 12.1 Å². The third-order valence-corrected chi connectivity index (χ3v) is 3.83. The Morgan fingerprint density at radius 2 is 1.62 bits per heavy atom. The molecule has 3 aromatic rings. The molecule has 4 heteroatoms. The van der Waals surface area contributed by atoms with Crippen LogP contribution in [0.1, 0.15) is 5.56 Å². The minimum absolute atomic E-state index is 0.179. The molecule has 0 amide bonds. The van der Waals surface area contributed by atoms with Crippen molar-refractivity contribution in [3.8, 4) is 11.5 Å². The molecule has 0 aliphatic carbocycles. The highest BCUT2D eigenvalue weighted by molar-refractivity contribution is 6.35. The Labute approximate surface area is 131 Å². The molecule has 0 N–H and O–H groups in total. The molecular weight excluding hydrogens is 310 g/mol. The van der Waals surface area contributed by atoms with E-state index in [-0.39, 0.29) is 11.7 Å². The van der Waals surface area contributed by atoms with Crippen molar-refractivity contribution in [2.45, 2.75) is 5.88 Å². The summed E-state index contributed by atoms with van der Waals surface area (Å²) >= 11 is 12.0. The van der Waals surface area contributed by atoms with Gasteiger partial charge in [-0.2, -0.15) is 0 Å². The van der Waals surface area contributed by atoms with Crippen LogP contribution < -0.4 is 4.74 Å². The van der Waals surface area contributed by atoms with Crippen LogP contribution in [0, 0.1) is 5.82 Å². The van der Waals surface area contributed by atoms with Gasteiger partial charge >= 0.3 is 0 Å². The van der Waals surface area contributed by atoms with Crippen LogP contribution >= 0.6 is 23.2 Å². The molecule has 0 atom stereocenters. The molecule has 3 aromatic carbocycles. The molecular formula is C17H11Cl2FO. The van der Waals surface area contributed by atoms with Gasteiger partial charge in [-0.3, -0.25) is 0 Å². The summed E-state index contributed by atoms with van der Waals surface area (Å²) in [6, 6.07) is 15.6. The zero-order chi connectivity index (χ0) is 14.8. The Bertz CT molecular complexity index is 802. The van der Waals surface area contributed by atoms with Crippen molar-refractivity contribution < 1.29 is 9.13 Å². The third kappa shape index (κ3) is 2.82. The van der Waals surface area contributed by atoms with Gasteiger partial charge in [0.2, 0.25) is 0 Å². The first-order valence-electron chi connectivity index (χ1n) is 6.38. The fourth-order valence-electron chi connectivity index (χ4n) is 2.19. The standard InChI is InChI=1S/C17H11Cl2FO/c18-10-11-9-12(20)5-7-16(11)21-17-8-6-15(19)13-3-1-2-4-14(13)17/h1-9H,10H2. The number of fused-ring (bicyclic) bond motifs is 1. The van der Waals surface area contributed by atoms with Crippen LogP contribution in [0.4, 0.5) is 4.39 Å². The van der Waals surface area contributed by atoms with Gasteiger partial charge in [-0.25, -0.2) is 4.39 Å². The predicted molar refractivity (Wildman–Crippen MR) is 85.0 cm³/mol. The average molecular weight is 321 g/mol. The van der Waals surface area contributed by atoms with Gasteiger partial charge in [0.15, 0.2) is 0 Å². The molecule has 0 bridgehead atoms. The van der Waals surface area contributed by atoms with E-state index in [0.29, 0.717) is 22.1 Å². The molecule has 0 radical (unpaired) electrons. The van der Waals surface area contributed by atoms with Crippen molar-refractivity contribution in [3.63, 3.8) is 0 Å². The molecule has 0 fully saturated rings. The normalized spacial score (nSPS) is 10.8. The second-order valence-electron chi connectivity index (χ2n) is 4.58. The molecule has 0 unspecified atom stereocenters. The maximum absolute atomic E-state index is 13.2. The summed E-state index contributed by atoms with van der Waals surface area (Å²) in [5.41, 5.74) is 0.607. The lowest BCUT2D eigenvalue weighted by atomic mass is 10.1. The van der Waals surface area contributed by atoms with Gasteiger partial charge in [-0.05, 0) is 30.3 Å². The van der Waals surface area contributed by atoms with Crippen molar-refractivity contribution in [3.05, 3.63) is 71.0 Å². The Kier molecular flexibility index (Phi) is 4.00. The monoisotopic (exact) mass is 320 g/mol. The van der Waals surface area contributed by atoms with Gasteiger partial charge in [0.1, 0.15) is 17.3 Å². The summed E-state index contributed by atoms with van der Waals surface area (Å²) in [4.78, 5) is 0. The molecule has 0 aromatic heterocycles. The van der Waals surface area contributed by atoms with Crippen molar-refractivity contribution in [1.82, 2.24) is 0 Å². The first-order chi connectivity index (χ1) is 10.2. The molecule has 0 saturated carbocycles. The Balaban J connectivity index is 2.09. The zero-order valence-corrected chi connectivity index (χ0v) is 12.5. The van der Waals surface area contributed by atoms with Crippen LogP contribution in [-0.2, 0) is 5.88 Å². The summed E-state index contributed by atoms with van der Waals surface area (Å²) in [7, 11) is 0. The number of benzene rings is 3. The fourth-order valence-corrected chi connectivity index (χ4v) is 2.63. The Hall–Kier alpha value is -1.77. The number of halogens is 3. The van der Waals surface area contributed by atoms with E-state index >= 15 is 0 Å². The van der Waals surface area contributed by atoms with Gasteiger partial charge in [-0.15, -0.1) is 11.6 Å². The van der Waals surface area contributed by atoms with Crippen molar-refractivity contribution >= 4 is 34.0 Å². The van der Waals surface area contributed by atoms with Crippen molar-refractivity contribution in [2.24, 2.45) is 0 Å². The van der Waals surface area contributed by atoms with E-state index in [9.17, 15) is 4.39 Å². The number of ether oxygens (including phenoxy) is 1. The van der Waals surface area contributed by atoms with E-state index in [0.717, 1.165) is 10.8 Å². The smallest absolute Gasteiger partial charge is 0.135 e. The summed E-state index contributed by atoms with van der Waals surface area (Å²) in [5, 5.41) is 2.47. The Morgan fingerprint density at radius 3 is 2.38 bits per heavy atom. The maximum atomic E-state index is 13.2. The second-order valence-corrected chi connectivity index (χ2v) is 5.25. The third-order valence-electron chi connectivity index (χ3n) is 3.22. The van der Waals surface area contributed by atoms with E-state index < -0.39 is 0 Å². The van der Waals surface area contributed by atoms with Gasteiger partial charge in [0.25, 0.3) is 0 Å². The fraction of sp³-hybridized carbons (Fsp3) is 0.0588. The molecule has 3 rings (SSSR count). The summed E-state index contributed by atoms with van der Waals surface area (Å²) < 4.78 is 19.2. The summed E-state index contributed by atoms with van der Waals surface area (Å²) in [6.07, 6.45) is 0. The van der Waals surface area contributed by atoms with Crippen LogP contribution in [0.2, 0.25) is 5.02 Å². The topological polar surface area (TPSA) is 9.23 Å². The number of rotatable bonds is 3. The number of hydrogen-bond acceptors (Lipinski definition) is 1. The minimum Gasteiger partial charge on any atom is -0.456 e. The molecule has 106 valence electrons. The van der Waals surface area contributed by atoms with E-state index in [4.69, 9.17) is 27.9 Å². The van der Waals surface area contributed by atoms with Gasteiger partial charge in [0, 0.05) is 21.4 Å². The van der Waals surface area contributed by atoms with Crippen LogP contribution in [0.15, 0.2) is 54.6 Å². The lowest BCUT2D eigenvalue weighted by Crippen LogP contribution is -1.92. The first-order valence-corrected chi connectivity index (χ1v) is 7.30. The minimum atomic E-state index is -0.334. The Morgan fingerprint density at radius 1 is 0.905 bits per heavy atom. The maximum Gasteiger partial charge on any atom is 0.135 e. The highest BCUT2D eigenvalue weighted by Gasteiger charge is 2.09. The van der Waals surface area contributed by atoms with Gasteiger partial charge in [-0.1, -0.05) is 35.9 Å². The largest absolute Gasteiger partial charge is 0.456 e. The molecule has 1 nitrogen and oxygen atoms in total. The molecule has 0 saturated heterocycles. The average Bonchev–Trinajstić information content (AvgIpc) is 2.52. The van der Waals surface area contributed by atoms with Crippen molar-refractivity contribution in [1.29, 1.82) is 0 Å². The lowest BCUT2D eigenvalue weighted by molar-refractivity contribution is 0.481. The summed E-state index contributed by atoms with van der Waals surface area (Å²) in [5.74, 6) is 1.05. The predicted octanol–water partition coefficient (Wildman–Crippen LogP) is 6.16. The number of alkyl halides is 1. The van der Waals surface area contributed by atoms with E-state index in [1.54, 1.807) is 18.2 Å². The SMILES string of the molecule is Fc1ccc(Oc2ccc(Cl)c3ccccc23)c(CCl)c1. The molecule has 21 heavy (non-hydrogen) atoms. The van der Waals surface area contributed by atoms with Crippen LogP contribution in [0.25, 0.3) is 10.8 Å². The van der Waals surface area contributed by atoms with Crippen LogP contribution in [0.5, 0.6) is 11.5 Å². The highest BCUT2D eigenvalue weighted by atomic mass is 35.5. The van der Waals surface area contributed by atoms with E-state index in [1.807, 2.05) is 24.3 Å². The molecule has 0 aliphatic rings. The highest BCUT2D eigenvalue weighted by Crippen LogP contribution is 2.35. The molecule has 0 spiro atoms. The van der Waals surface area contributed by atoms with Gasteiger partial charge in [0.05, 0.1) is 5.88 Å².